The van der Waals surface area contributed by atoms with Crippen molar-refractivity contribution in [3.63, 3.8) is 0 Å². The van der Waals surface area contributed by atoms with Gasteiger partial charge in [-0.2, -0.15) is 0 Å². The molecule has 0 bridgehead atoms. The molecule has 2 aromatic carbocycles. The number of fused-ring (bicyclic) bond motifs is 3. The summed E-state index contributed by atoms with van der Waals surface area (Å²) < 4.78 is 10.5. The molecule has 8 nitrogen and oxygen atoms in total. The van der Waals surface area contributed by atoms with Crippen LogP contribution in [0.4, 0.5) is 4.79 Å². The van der Waals surface area contributed by atoms with Crippen LogP contribution in [0, 0.1) is 0 Å². The molecule has 1 fully saturated rings. The van der Waals surface area contributed by atoms with Gasteiger partial charge in [-0.3, -0.25) is 14.6 Å². The zero-order valence-electron chi connectivity index (χ0n) is 21.5. The molecule has 1 atom stereocenters. The minimum absolute atomic E-state index is 0.311. The molecule has 2 aliphatic heterocycles. The summed E-state index contributed by atoms with van der Waals surface area (Å²) in [5.74, 6) is 0. The number of ether oxygens (including phenoxy) is 2. The Labute approximate surface area is 222 Å². The molecule has 3 heterocycles. The fourth-order valence-corrected chi connectivity index (χ4v) is 5.08. The molecule has 37 heavy (non-hydrogen) atoms. The maximum atomic E-state index is 12.6. The molecule has 0 aliphatic carbocycles. The maximum absolute atomic E-state index is 12.6. The van der Waals surface area contributed by atoms with E-state index in [-0.39, 0.29) is 12.1 Å². The van der Waals surface area contributed by atoms with Gasteiger partial charge in [-0.25, -0.2) is 4.79 Å². The highest BCUT2D eigenvalue weighted by molar-refractivity contribution is 6.31. The third kappa shape index (κ3) is 6.51. The minimum Gasteiger partial charge on any atom is -0.450 e. The Morgan fingerprint density at radius 3 is 2.76 bits per heavy atom. The van der Waals surface area contributed by atoms with Gasteiger partial charge in [0.15, 0.2) is 0 Å². The Balaban J connectivity index is 0.000000270. The van der Waals surface area contributed by atoms with Crippen molar-refractivity contribution in [1.29, 1.82) is 0 Å². The molecule has 1 aromatic heterocycles. The molecule has 9 heteroatoms. The number of benzene rings is 2. The number of nitrogens with zero attached hydrogens (tertiary/aromatic N) is 2. The zero-order chi connectivity index (χ0) is 26.2. The van der Waals surface area contributed by atoms with E-state index in [1.807, 2.05) is 43.4 Å². The summed E-state index contributed by atoms with van der Waals surface area (Å²) in [6.07, 6.45) is 1.16. The van der Waals surface area contributed by atoms with Gasteiger partial charge in [0.05, 0.1) is 19.8 Å². The molecular formula is C28H35ClN4O4. The lowest BCUT2D eigenvalue weighted by molar-refractivity contribution is 0.0386. The SMILES string of the molecule is CCOC(=O)N1CCc2c([nH]c3ccc(Cl)cc23)C1c1cccc(C=O)c1.CNCCN1CCOCC1. The average molecular weight is 527 g/mol. The third-order valence-corrected chi connectivity index (χ3v) is 6.97. The number of amides is 1. The summed E-state index contributed by atoms with van der Waals surface area (Å²) in [6, 6.07) is 12.7. The van der Waals surface area contributed by atoms with Crippen molar-refractivity contribution >= 4 is 34.9 Å². The summed E-state index contributed by atoms with van der Waals surface area (Å²) in [5.41, 5.74) is 4.50. The number of morpholine rings is 1. The number of carbonyl (C=O) groups excluding carboxylic acids is 2. The molecular weight excluding hydrogens is 492 g/mol. The lowest BCUT2D eigenvalue weighted by Crippen LogP contribution is -2.41. The number of likely N-dealkylation sites (N-methyl/N-ethyl adjacent to an activating group) is 1. The second-order valence-corrected chi connectivity index (χ2v) is 9.53. The van der Waals surface area contributed by atoms with E-state index in [9.17, 15) is 9.59 Å². The second-order valence-electron chi connectivity index (χ2n) is 9.10. The van der Waals surface area contributed by atoms with Crippen LogP contribution in [0.25, 0.3) is 10.9 Å². The van der Waals surface area contributed by atoms with Gasteiger partial charge in [0.1, 0.15) is 12.3 Å². The summed E-state index contributed by atoms with van der Waals surface area (Å²) in [7, 11) is 1.99. The first-order valence-corrected chi connectivity index (χ1v) is 13.2. The van der Waals surface area contributed by atoms with E-state index >= 15 is 0 Å². The molecule has 0 spiro atoms. The van der Waals surface area contributed by atoms with Crippen molar-refractivity contribution in [1.82, 2.24) is 20.1 Å². The zero-order valence-corrected chi connectivity index (χ0v) is 22.2. The number of halogens is 1. The summed E-state index contributed by atoms with van der Waals surface area (Å²) in [5, 5.41) is 4.88. The largest absolute Gasteiger partial charge is 0.450 e. The molecule has 0 radical (unpaired) electrons. The number of aldehydes is 1. The smallest absolute Gasteiger partial charge is 0.410 e. The maximum Gasteiger partial charge on any atom is 0.410 e. The number of aromatic nitrogens is 1. The average Bonchev–Trinajstić information content (AvgIpc) is 3.30. The summed E-state index contributed by atoms with van der Waals surface area (Å²) in [6.45, 7) is 8.88. The predicted molar refractivity (Wildman–Crippen MR) is 146 cm³/mol. The Morgan fingerprint density at radius 2 is 2.03 bits per heavy atom. The van der Waals surface area contributed by atoms with Gasteiger partial charge in [-0.05, 0) is 55.8 Å². The Morgan fingerprint density at radius 1 is 1.22 bits per heavy atom. The van der Waals surface area contributed by atoms with Gasteiger partial charge in [-0.1, -0.05) is 29.8 Å². The van der Waals surface area contributed by atoms with Gasteiger partial charge < -0.3 is 19.8 Å². The summed E-state index contributed by atoms with van der Waals surface area (Å²) in [4.78, 5) is 31.5. The van der Waals surface area contributed by atoms with Gasteiger partial charge in [-0.15, -0.1) is 0 Å². The Bertz CT molecular complexity index is 1210. The fraction of sp³-hybridized carbons (Fsp3) is 0.429. The van der Waals surface area contributed by atoms with E-state index in [2.05, 4.69) is 15.2 Å². The fourth-order valence-electron chi connectivity index (χ4n) is 4.91. The van der Waals surface area contributed by atoms with Crippen molar-refractivity contribution < 1.29 is 19.1 Å². The van der Waals surface area contributed by atoms with E-state index in [0.29, 0.717) is 30.2 Å². The van der Waals surface area contributed by atoms with Crippen LogP contribution >= 0.6 is 11.6 Å². The standard InChI is InChI=1S/C21H19ClN2O3.C7H16N2O/c1-2-27-21(26)24-9-8-16-17-11-15(22)6-7-18(17)23-19(16)20(24)14-5-3-4-13(10-14)12-25;1-8-2-3-9-4-6-10-7-5-9/h3-7,10-12,20,23H,2,8-9H2,1H3;8H,2-7H2,1H3. The quantitative estimate of drug-likeness (QED) is 0.466. The Hall–Kier alpha value is -2.91. The first-order valence-electron chi connectivity index (χ1n) is 12.8. The van der Waals surface area contributed by atoms with Gasteiger partial charge in [0.2, 0.25) is 0 Å². The molecule has 2 aliphatic rings. The van der Waals surface area contributed by atoms with Crippen molar-refractivity contribution in [2.75, 3.05) is 59.6 Å². The minimum atomic E-state index is -0.360. The van der Waals surface area contributed by atoms with Crippen LogP contribution in [0.5, 0.6) is 0 Å². The van der Waals surface area contributed by atoms with Crippen molar-refractivity contribution in [2.24, 2.45) is 0 Å². The molecule has 0 saturated carbocycles. The van der Waals surface area contributed by atoms with E-state index in [1.54, 1.807) is 17.9 Å². The molecule has 198 valence electrons. The van der Waals surface area contributed by atoms with Crippen LogP contribution in [-0.4, -0.2) is 86.8 Å². The van der Waals surface area contributed by atoms with Gasteiger partial charge >= 0.3 is 6.09 Å². The number of H-pyrrole nitrogens is 1. The summed E-state index contributed by atoms with van der Waals surface area (Å²) >= 11 is 6.19. The van der Waals surface area contributed by atoms with Crippen LogP contribution in [0.15, 0.2) is 42.5 Å². The highest BCUT2D eigenvalue weighted by Gasteiger charge is 2.35. The second kappa shape index (κ2) is 13.1. The normalized spacial score (nSPS) is 17.6. The molecule has 1 saturated heterocycles. The predicted octanol–water partition coefficient (Wildman–Crippen LogP) is 4.28. The highest BCUT2D eigenvalue weighted by Crippen LogP contribution is 2.39. The number of hydrogen-bond donors (Lipinski definition) is 2. The van der Waals surface area contributed by atoms with E-state index < -0.39 is 0 Å². The molecule has 5 rings (SSSR count). The molecule has 2 N–H and O–H groups in total. The molecule has 3 aromatic rings. The van der Waals surface area contributed by atoms with E-state index in [1.165, 1.54) is 0 Å². The van der Waals surface area contributed by atoms with Crippen LogP contribution in [0.2, 0.25) is 5.02 Å². The monoisotopic (exact) mass is 526 g/mol. The highest BCUT2D eigenvalue weighted by atomic mass is 35.5. The van der Waals surface area contributed by atoms with Crippen LogP contribution in [0.3, 0.4) is 0 Å². The van der Waals surface area contributed by atoms with Crippen LogP contribution in [-0.2, 0) is 15.9 Å². The van der Waals surface area contributed by atoms with Crippen molar-refractivity contribution in [3.8, 4) is 0 Å². The number of nitrogens with one attached hydrogen (secondary N) is 2. The van der Waals surface area contributed by atoms with E-state index in [0.717, 1.165) is 73.4 Å². The number of hydrogen-bond acceptors (Lipinski definition) is 6. The van der Waals surface area contributed by atoms with Crippen LogP contribution in [0.1, 0.15) is 40.1 Å². The number of aromatic amines is 1. The van der Waals surface area contributed by atoms with Crippen LogP contribution < -0.4 is 5.32 Å². The van der Waals surface area contributed by atoms with Gasteiger partial charge in [0.25, 0.3) is 0 Å². The molecule has 1 unspecified atom stereocenters. The number of carbonyl (C=O) groups is 2. The van der Waals surface area contributed by atoms with Crippen molar-refractivity contribution in [2.45, 2.75) is 19.4 Å². The topological polar surface area (TPSA) is 86.9 Å². The Kier molecular flexibility index (Phi) is 9.57. The third-order valence-electron chi connectivity index (χ3n) is 6.74. The van der Waals surface area contributed by atoms with Gasteiger partial charge in [0, 0.05) is 59.9 Å². The van der Waals surface area contributed by atoms with E-state index in [4.69, 9.17) is 21.1 Å². The first-order chi connectivity index (χ1) is 18.0. The van der Waals surface area contributed by atoms with Crippen molar-refractivity contribution in [3.05, 3.63) is 69.9 Å². The first kappa shape index (κ1) is 27.1. The lowest BCUT2D eigenvalue weighted by atomic mass is 9.92. The molecule has 1 amide bonds. The number of rotatable bonds is 6. The lowest BCUT2D eigenvalue weighted by Gasteiger charge is -2.35.